The zero-order valence-corrected chi connectivity index (χ0v) is 13.4. The zero-order chi connectivity index (χ0) is 16.6. The van der Waals surface area contributed by atoms with E-state index >= 15 is 0 Å². The number of ether oxygens (including phenoxy) is 1. The Hall–Kier alpha value is -1.62. The Morgan fingerprint density at radius 2 is 2.35 bits per heavy atom. The van der Waals surface area contributed by atoms with E-state index in [0.717, 1.165) is 12.2 Å². The number of fused-ring (bicyclic) bond motifs is 1. The number of H-pyrrole nitrogens is 1. The molecule has 1 saturated heterocycles. The van der Waals surface area contributed by atoms with Crippen molar-refractivity contribution in [3.05, 3.63) is 16.7 Å². The van der Waals surface area contributed by atoms with Crippen LogP contribution in [-0.4, -0.2) is 59.5 Å². The Bertz CT molecular complexity index is 748. The fourth-order valence-electron chi connectivity index (χ4n) is 2.66. The van der Waals surface area contributed by atoms with Crippen LogP contribution in [0.4, 0.5) is 5.95 Å². The summed E-state index contributed by atoms with van der Waals surface area (Å²) in [5, 5.41) is 19.5. The number of hydrogen-bond acceptors (Lipinski definition) is 8. The summed E-state index contributed by atoms with van der Waals surface area (Å²) in [5.41, 5.74) is 5.63. The molecule has 0 spiro atoms. The lowest BCUT2D eigenvalue weighted by Gasteiger charge is -2.20. The van der Waals surface area contributed by atoms with Crippen molar-refractivity contribution in [2.45, 2.75) is 37.0 Å². The number of nitrogens with zero attached hydrogens (tertiary/aromatic N) is 3. The van der Waals surface area contributed by atoms with Crippen molar-refractivity contribution in [2.75, 3.05) is 18.1 Å². The van der Waals surface area contributed by atoms with E-state index < -0.39 is 24.0 Å². The van der Waals surface area contributed by atoms with Gasteiger partial charge in [0.15, 0.2) is 17.4 Å². The Morgan fingerprint density at radius 1 is 1.57 bits per heavy atom. The maximum atomic E-state index is 11.9. The number of aromatic nitrogens is 4. The molecule has 1 aliphatic heterocycles. The van der Waals surface area contributed by atoms with Crippen molar-refractivity contribution >= 4 is 28.9 Å². The van der Waals surface area contributed by atoms with E-state index in [0.29, 0.717) is 5.65 Å². The lowest BCUT2D eigenvalue weighted by molar-refractivity contribution is -0.0430. The molecule has 3 heterocycles. The highest BCUT2D eigenvalue weighted by Gasteiger charge is 2.45. The molecule has 9 nitrogen and oxygen atoms in total. The maximum absolute atomic E-state index is 11.9. The molecule has 0 aliphatic carbocycles. The van der Waals surface area contributed by atoms with Crippen LogP contribution in [0.3, 0.4) is 0 Å². The van der Waals surface area contributed by atoms with Gasteiger partial charge in [0.1, 0.15) is 6.10 Å². The maximum Gasteiger partial charge on any atom is 0.280 e. The van der Waals surface area contributed by atoms with Gasteiger partial charge in [-0.25, -0.2) is 4.98 Å². The first-order valence-corrected chi connectivity index (χ1v) is 8.40. The molecular weight excluding hydrogens is 322 g/mol. The first-order valence-electron chi connectivity index (χ1n) is 7.35. The van der Waals surface area contributed by atoms with Crippen LogP contribution in [0.15, 0.2) is 11.1 Å². The molecule has 0 radical (unpaired) electrons. The van der Waals surface area contributed by atoms with Crippen molar-refractivity contribution in [1.29, 1.82) is 0 Å². The Morgan fingerprint density at radius 3 is 3.04 bits per heavy atom. The number of aliphatic hydroxyl groups is 2. The Kier molecular flexibility index (Phi) is 4.57. The number of thioether (sulfide) groups is 1. The molecule has 0 aromatic carbocycles. The summed E-state index contributed by atoms with van der Waals surface area (Å²) < 4.78 is 7.36. The molecule has 5 N–H and O–H groups in total. The Labute approximate surface area is 135 Å². The third-order valence-electron chi connectivity index (χ3n) is 3.73. The first-order chi connectivity index (χ1) is 11.1. The monoisotopic (exact) mass is 341 g/mol. The topological polar surface area (TPSA) is 139 Å². The molecule has 3 rings (SSSR count). The number of aliphatic hydroxyl groups excluding tert-OH is 2. The predicted molar refractivity (Wildman–Crippen MR) is 86.1 cm³/mol. The highest BCUT2D eigenvalue weighted by atomic mass is 32.2. The Balaban J connectivity index is 2.03. The van der Waals surface area contributed by atoms with Crippen LogP contribution in [0.1, 0.15) is 19.6 Å². The van der Waals surface area contributed by atoms with E-state index in [1.165, 1.54) is 6.33 Å². The number of nitrogens with one attached hydrogen (secondary N) is 1. The second kappa shape index (κ2) is 6.48. The summed E-state index contributed by atoms with van der Waals surface area (Å²) in [5.74, 6) is 0.821. The molecule has 0 bridgehead atoms. The fraction of sp³-hybridized carbons (Fsp3) is 0.615. The molecule has 126 valence electrons. The van der Waals surface area contributed by atoms with Gasteiger partial charge in [0, 0.05) is 0 Å². The number of aromatic amines is 1. The number of nitrogen functional groups attached to an aromatic ring is 1. The average molecular weight is 341 g/mol. The molecule has 1 fully saturated rings. The van der Waals surface area contributed by atoms with Gasteiger partial charge in [-0.1, -0.05) is 6.92 Å². The van der Waals surface area contributed by atoms with Gasteiger partial charge in [-0.05, 0) is 12.2 Å². The van der Waals surface area contributed by atoms with Gasteiger partial charge in [-0.15, -0.1) is 0 Å². The number of imidazole rings is 1. The van der Waals surface area contributed by atoms with Crippen LogP contribution in [-0.2, 0) is 4.74 Å². The van der Waals surface area contributed by atoms with Crippen LogP contribution in [0.25, 0.3) is 11.2 Å². The number of hydrogen-bond donors (Lipinski definition) is 4. The minimum Gasteiger partial charge on any atom is -0.394 e. The SMILES string of the molecule is CCCSC1[C@@H](O)[C@@H](CO)O[C@H]1n1cnc2c(=O)[nH]c(N)nc21. The number of nitrogens with two attached hydrogens (primary N) is 1. The summed E-state index contributed by atoms with van der Waals surface area (Å²) in [7, 11) is 0. The van der Waals surface area contributed by atoms with Crippen molar-refractivity contribution in [3.8, 4) is 0 Å². The van der Waals surface area contributed by atoms with Crippen molar-refractivity contribution in [3.63, 3.8) is 0 Å². The van der Waals surface area contributed by atoms with Gasteiger partial charge in [-0.3, -0.25) is 14.3 Å². The van der Waals surface area contributed by atoms with Crippen LogP contribution in [0.5, 0.6) is 0 Å². The van der Waals surface area contributed by atoms with Gasteiger partial charge in [0.25, 0.3) is 5.56 Å². The molecule has 4 atom stereocenters. The fourth-order valence-corrected chi connectivity index (χ4v) is 3.90. The van der Waals surface area contributed by atoms with Crippen LogP contribution < -0.4 is 11.3 Å². The summed E-state index contributed by atoms with van der Waals surface area (Å²) in [6, 6.07) is 0. The van der Waals surface area contributed by atoms with E-state index in [1.54, 1.807) is 16.3 Å². The largest absolute Gasteiger partial charge is 0.394 e. The molecule has 1 aliphatic rings. The second-order valence-corrected chi connectivity index (χ2v) is 6.63. The van der Waals surface area contributed by atoms with Crippen LogP contribution in [0.2, 0.25) is 0 Å². The zero-order valence-electron chi connectivity index (χ0n) is 12.5. The summed E-state index contributed by atoms with van der Waals surface area (Å²) in [4.78, 5) is 22.5. The molecular formula is C13H19N5O4S. The standard InChI is InChI=1S/C13H19N5O4S/c1-2-3-23-9-8(20)6(4-19)22-12(9)18-5-15-7-10(18)16-13(14)17-11(7)21/h5-6,8-9,12,19-20H,2-4H2,1H3,(H3,14,16,17,21)/t6-,8+,9?,12-/m1/s1. The lowest BCUT2D eigenvalue weighted by Crippen LogP contribution is -2.31. The van der Waals surface area contributed by atoms with E-state index in [1.807, 2.05) is 6.92 Å². The minimum absolute atomic E-state index is 0.0146. The molecule has 2 aromatic rings. The van der Waals surface area contributed by atoms with E-state index in [9.17, 15) is 15.0 Å². The smallest absolute Gasteiger partial charge is 0.280 e. The van der Waals surface area contributed by atoms with Gasteiger partial charge < -0.3 is 20.7 Å². The lowest BCUT2D eigenvalue weighted by atomic mass is 10.2. The second-order valence-electron chi connectivity index (χ2n) is 5.35. The van der Waals surface area contributed by atoms with Crippen LogP contribution in [0, 0.1) is 0 Å². The van der Waals surface area contributed by atoms with E-state index in [4.69, 9.17) is 10.5 Å². The van der Waals surface area contributed by atoms with Crippen molar-refractivity contribution in [1.82, 2.24) is 19.5 Å². The van der Waals surface area contributed by atoms with E-state index in [-0.39, 0.29) is 23.3 Å². The highest BCUT2D eigenvalue weighted by molar-refractivity contribution is 8.00. The number of rotatable bonds is 5. The van der Waals surface area contributed by atoms with Gasteiger partial charge in [-0.2, -0.15) is 16.7 Å². The van der Waals surface area contributed by atoms with Crippen molar-refractivity contribution < 1.29 is 14.9 Å². The summed E-state index contributed by atoms with van der Waals surface area (Å²) in [6.07, 6.45) is 0.296. The third kappa shape index (κ3) is 2.82. The molecule has 23 heavy (non-hydrogen) atoms. The molecule has 2 aromatic heterocycles. The van der Waals surface area contributed by atoms with Crippen molar-refractivity contribution in [2.24, 2.45) is 0 Å². The van der Waals surface area contributed by atoms with Gasteiger partial charge >= 0.3 is 0 Å². The first kappa shape index (κ1) is 16.2. The average Bonchev–Trinajstić information content (AvgIpc) is 3.06. The minimum atomic E-state index is -0.821. The molecule has 1 unspecified atom stereocenters. The van der Waals surface area contributed by atoms with Crippen LogP contribution >= 0.6 is 11.8 Å². The van der Waals surface area contributed by atoms with Gasteiger partial charge in [0.05, 0.1) is 24.3 Å². The summed E-state index contributed by atoms with van der Waals surface area (Å²) >= 11 is 1.55. The van der Waals surface area contributed by atoms with E-state index in [2.05, 4.69) is 15.0 Å². The summed E-state index contributed by atoms with van der Waals surface area (Å²) in [6.45, 7) is 1.76. The van der Waals surface area contributed by atoms with Gasteiger partial charge in [0.2, 0.25) is 5.95 Å². The quantitative estimate of drug-likeness (QED) is 0.569. The predicted octanol–water partition coefficient (Wildman–Crippen LogP) is -0.536. The molecule has 0 amide bonds. The number of anilines is 1. The molecule has 10 heteroatoms. The highest BCUT2D eigenvalue weighted by Crippen LogP contribution is 2.38. The molecule has 0 saturated carbocycles. The third-order valence-corrected chi connectivity index (χ3v) is 5.27. The normalized spacial score (nSPS) is 27.8.